The minimum atomic E-state index is 0.362. The molecule has 0 bridgehead atoms. The Morgan fingerprint density at radius 2 is 1.88 bits per heavy atom. The molecule has 0 aliphatic heterocycles. The lowest BCUT2D eigenvalue weighted by Gasteiger charge is -2.07. The van der Waals surface area contributed by atoms with Gasteiger partial charge in [-0.1, -0.05) is 37.3 Å². The van der Waals surface area contributed by atoms with Gasteiger partial charge < -0.3 is 4.74 Å². The Labute approximate surface area is 146 Å². The molecule has 0 fully saturated rings. The molecule has 5 nitrogen and oxygen atoms in total. The van der Waals surface area contributed by atoms with Crippen molar-refractivity contribution in [3.05, 3.63) is 78.5 Å². The Balaban J connectivity index is 1.61. The topological polar surface area (TPSA) is 52.3 Å². The molecule has 0 aliphatic carbocycles. The summed E-state index contributed by atoms with van der Waals surface area (Å²) in [6.07, 6.45) is 8.58. The van der Waals surface area contributed by atoms with Crippen LogP contribution < -0.4 is 4.74 Å². The quantitative estimate of drug-likeness (QED) is 0.556. The smallest absolute Gasteiger partial charge is 0.234 e. The SMILES string of the molecule is CCc1ccccc1-c1cnc2nc(COc3ccccn3)cn2c1. The second-order valence-electron chi connectivity index (χ2n) is 5.75. The molecular weight excluding hydrogens is 312 g/mol. The van der Waals surface area contributed by atoms with E-state index in [0.29, 0.717) is 18.3 Å². The predicted octanol–water partition coefficient (Wildman–Crippen LogP) is 3.93. The summed E-state index contributed by atoms with van der Waals surface area (Å²) >= 11 is 0. The molecule has 4 rings (SSSR count). The molecule has 1 aromatic carbocycles. The van der Waals surface area contributed by atoms with Crippen LogP contribution in [-0.4, -0.2) is 19.4 Å². The zero-order valence-corrected chi connectivity index (χ0v) is 14.0. The number of hydrogen-bond donors (Lipinski definition) is 0. The zero-order valence-electron chi connectivity index (χ0n) is 14.0. The van der Waals surface area contributed by atoms with Gasteiger partial charge in [0, 0.05) is 36.4 Å². The van der Waals surface area contributed by atoms with Crippen molar-refractivity contribution in [1.29, 1.82) is 0 Å². The van der Waals surface area contributed by atoms with Crippen molar-refractivity contribution in [1.82, 2.24) is 19.4 Å². The van der Waals surface area contributed by atoms with Gasteiger partial charge in [-0.05, 0) is 23.6 Å². The number of pyridine rings is 1. The number of rotatable bonds is 5. The van der Waals surface area contributed by atoms with Crippen molar-refractivity contribution in [2.24, 2.45) is 0 Å². The van der Waals surface area contributed by atoms with E-state index in [1.807, 2.05) is 35.0 Å². The number of hydrogen-bond acceptors (Lipinski definition) is 4. The molecule has 25 heavy (non-hydrogen) atoms. The highest BCUT2D eigenvalue weighted by Crippen LogP contribution is 2.23. The number of aryl methyl sites for hydroxylation is 1. The van der Waals surface area contributed by atoms with Crippen molar-refractivity contribution < 1.29 is 4.74 Å². The van der Waals surface area contributed by atoms with E-state index < -0.39 is 0 Å². The molecular formula is C20H18N4O. The average Bonchev–Trinajstić information content (AvgIpc) is 3.09. The van der Waals surface area contributed by atoms with Crippen LogP contribution in [0.15, 0.2) is 67.3 Å². The van der Waals surface area contributed by atoms with E-state index in [2.05, 4.69) is 52.3 Å². The lowest BCUT2D eigenvalue weighted by atomic mass is 10.0. The fraction of sp³-hybridized carbons (Fsp3) is 0.150. The largest absolute Gasteiger partial charge is 0.471 e. The van der Waals surface area contributed by atoms with Gasteiger partial charge in [-0.2, -0.15) is 0 Å². The summed E-state index contributed by atoms with van der Waals surface area (Å²) in [5.74, 6) is 1.25. The van der Waals surface area contributed by atoms with Crippen LogP contribution >= 0.6 is 0 Å². The molecule has 0 amide bonds. The van der Waals surface area contributed by atoms with Gasteiger partial charge in [0.2, 0.25) is 11.7 Å². The van der Waals surface area contributed by atoms with E-state index in [1.165, 1.54) is 11.1 Å². The van der Waals surface area contributed by atoms with Crippen molar-refractivity contribution >= 4 is 5.78 Å². The summed E-state index contributed by atoms with van der Waals surface area (Å²) in [7, 11) is 0. The van der Waals surface area contributed by atoms with Crippen molar-refractivity contribution in [2.75, 3.05) is 0 Å². The number of nitrogens with zero attached hydrogens (tertiary/aromatic N) is 4. The molecule has 0 saturated carbocycles. The van der Waals surface area contributed by atoms with Crippen LogP contribution in [0.1, 0.15) is 18.2 Å². The molecule has 0 N–H and O–H groups in total. The summed E-state index contributed by atoms with van der Waals surface area (Å²) < 4.78 is 7.60. The van der Waals surface area contributed by atoms with Gasteiger partial charge in [0.15, 0.2) is 0 Å². The summed E-state index contributed by atoms with van der Waals surface area (Å²) in [4.78, 5) is 13.1. The highest BCUT2D eigenvalue weighted by molar-refractivity contribution is 5.66. The molecule has 0 atom stereocenters. The van der Waals surface area contributed by atoms with Gasteiger partial charge >= 0.3 is 0 Å². The minimum absolute atomic E-state index is 0.362. The highest BCUT2D eigenvalue weighted by Gasteiger charge is 2.08. The van der Waals surface area contributed by atoms with Gasteiger partial charge in [0.1, 0.15) is 6.61 Å². The molecule has 0 spiro atoms. The maximum Gasteiger partial charge on any atom is 0.234 e. The maximum absolute atomic E-state index is 5.66. The van der Waals surface area contributed by atoms with Crippen LogP contribution in [0.3, 0.4) is 0 Å². The molecule has 0 unspecified atom stereocenters. The third-order valence-corrected chi connectivity index (χ3v) is 4.07. The third-order valence-electron chi connectivity index (χ3n) is 4.07. The maximum atomic E-state index is 5.66. The minimum Gasteiger partial charge on any atom is -0.471 e. The van der Waals surface area contributed by atoms with Gasteiger partial charge in [-0.25, -0.2) is 15.0 Å². The number of ether oxygens (including phenoxy) is 1. The van der Waals surface area contributed by atoms with E-state index in [9.17, 15) is 0 Å². The van der Waals surface area contributed by atoms with Crippen LogP contribution in [0, 0.1) is 0 Å². The van der Waals surface area contributed by atoms with E-state index in [0.717, 1.165) is 17.7 Å². The first-order valence-corrected chi connectivity index (χ1v) is 8.29. The second-order valence-corrected chi connectivity index (χ2v) is 5.75. The van der Waals surface area contributed by atoms with E-state index in [1.54, 1.807) is 6.20 Å². The number of benzene rings is 1. The number of imidazole rings is 1. The van der Waals surface area contributed by atoms with Crippen molar-refractivity contribution in [2.45, 2.75) is 20.0 Å². The standard InChI is InChI=1S/C20H18N4O/c1-2-15-7-3-4-8-18(15)16-11-22-20-23-17(13-24(20)12-16)14-25-19-9-5-6-10-21-19/h3-13H,2,14H2,1H3. The molecule has 3 aromatic heterocycles. The normalized spacial score (nSPS) is 10.9. The summed E-state index contributed by atoms with van der Waals surface area (Å²) in [5, 5.41) is 0. The first kappa shape index (κ1) is 15.3. The average molecular weight is 330 g/mol. The Morgan fingerprint density at radius 1 is 1.00 bits per heavy atom. The first-order valence-electron chi connectivity index (χ1n) is 8.29. The monoisotopic (exact) mass is 330 g/mol. The lowest BCUT2D eigenvalue weighted by Crippen LogP contribution is -1.96. The lowest BCUT2D eigenvalue weighted by molar-refractivity contribution is 0.290. The number of aromatic nitrogens is 4. The fourth-order valence-electron chi connectivity index (χ4n) is 2.83. The molecule has 5 heteroatoms. The van der Waals surface area contributed by atoms with Crippen LogP contribution in [0.25, 0.3) is 16.9 Å². The van der Waals surface area contributed by atoms with Gasteiger partial charge in [-0.15, -0.1) is 0 Å². The highest BCUT2D eigenvalue weighted by atomic mass is 16.5. The molecule has 4 aromatic rings. The van der Waals surface area contributed by atoms with Crippen LogP contribution in [0.2, 0.25) is 0 Å². The van der Waals surface area contributed by atoms with Crippen molar-refractivity contribution in [3.63, 3.8) is 0 Å². The number of fused-ring (bicyclic) bond motifs is 1. The van der Waals surface area contributed by atoms with Crippen LogP contribution in [0.5, 0.6) is 5.88 Å². The third kappa shape index (κ3) is 3.21. The first-order chi connectivity index (χ1) is 12.3. The Kier molecular flexibility index (Phi) is 4.12. The molecule has 124 valence electrons. The molecule has 0 saturated heterocycles. The Morgan fingerprint density at radius 3 is 2.72 bits per heavy atom. The van der Waals surface area contributed by atoms with E-state index in [-0.39, 0.29) is 0 Å². The Bertz CT molecular complexity index is 995. The second kappa shape index (κ2) is 6.73. The van der Waals surface area contributed by atoms with Gasteiger partial charge in [-0.3, -0.25) is 4.40 Å². The van der Waals surface area contributed by atoms with Crippen LogP contribution in [-0.2, 0) is 13.0 Å². The Hall–Kier alpha value is -3.21. The van der Waals surface area contributed by atoms with Crippen molar-refractivity contribution in [3.8, 4) is 17.0 Å². The van der Waals surface area contributed by atoms with E-state index >= 15 is 0 Å². The molecule has 0 aliphatic rings. The summed E-state index contributed by atoms with van der Waals surface area (Å²) in [5.41, 5.74) is 4.42. The van der Waals surface area contributed by atoms with Gasteiger partial charge in [0.25, 0.3) is 0 Å². The van der Waals surface area contributed by atoms with Crippen LogP contribution in [0.4, 0.5) is 0 Å². The summed E-state index contributed by atoms with van der Waals surface area (Å²) in [6, 6.07) is 14.0. The van der Waals surface area contributed by atoms with Gasteiger partial charge in [0.05, 0.1) is 5.69 Å². The van der Waals surface area contributed by atoms with E-state index in [4.69, 9.17) is 4.74 Å². The predicted molar refractivity (Wildman–Crippen MR) is 96.4 cm³/mol. The fourth-order valence-corrected chi connectivity index (χ4v) is 2.83. The molecule has 3 heterocycles. The zero-order chi connectivity index (χ0) is 17.1. The summed E-state index contributed by atoms with van der Waals surface area (Å²) in [6.45, 7) is 2.52. The molecule has 0 radical (unpaired) electrons.